The van der Waals surface area contributed by atoms with E-state index in [1.165, 1.54) is 0 Å². The third-order valence-electron chi connectivity index (χ3n) is 1.64. The predicted molar refractivity (Wildman–Crippen MR) is 48.7 cm³/mol. The van der Waals surface area contributed by atoms with Gasteiger partial charge in [-0.2, -0.15) is 5.10 Å². The molecule has 0 fully saturated rings. The van der Waals surface area contributed by atoms with Gasteiger partial charge in [-0.3, -0.25) is 9.89 Å². The highest BCUT2D eigenvalue weighted by Gasteiger charge is 2.12. The molecule has 2 N–H and O–H groups in total. The van der Waals surface area contributed by atoms with E-state index in [0.717, 1.165) is 5.82 Å². The molecule has 1 heterocycles. The Morgan fingerprint density at radius 1 is 1.62 bits per heavy atom. The quantitative estimate of drug-likeness (QED) is 0.658. The molecule has 0 aliphatic heterocycles. The maximum atomic E-state index is 11.3. The largest absolute Gasteiger partial charge is 0.313 e. The van der Waals surface area contributed by atoms with Crippen LogP contribution in [0.3, 0.4) is 0 Å². The van der Waals surface area contributed by atoms with Crippen molar-refractivity contribution >= 4 is 5.78 Å². The van der Waals surface area contributed by atoms with Crippen LogP contribution in [0.4, 0.5) is 0 Å². The van der Waals surface area contributed by atoms with E-state index in [2.05, 4.69) is 20.5 Å². The maximum Gasteiger partial charge on any atom is 0.218 e. The van der Waals surface area contributed by atoms with Crippen molar-refractivity contribution in [2.75, 3.05) is 13.6 Å². The molecular weight excluding hydrogens is 168 g/mol. The molecule has 0 bridgehead atoms. The van der Waals surface area contributed by atoms with E-state index in [0.29, 0.717) is 0 Å². The lowest BCUT2D eigenvalue weighted by Gasteiger charge is -1.95. The van der Waals surface area contributed by atoms with Crippen LogP contribution in [0, 0.1) is 0 Å². The van der Waals surface area contributed by atoms with Gasteiger partial charge >= 0.3 is 0 Å². The van der Waals surface area contributed by atoms with E-state index in [1.807, 2.05) is 13.8 Å². The fourth-order valence-electron chi connectivity index (χ4n) is 0.897. The topological polar surface area (TPSA) is 70.7 Å². The molecule has 0 saturated carbocycles. The van der Waals surface area contributed by atoms with Crippen molar-refractivity contribution < 1.29 is 4.79 Å². The van der Waals surface area contributed by atoms with Crippen molar-refractivity contribution in [2.24, 2.45) is 0 Å². The molecule has 0 spiro atoms. The van der Waals surface area contributed by atoms with Crippen molar-refractivity contribution in [3.63, 3.8) is 0 Å². The predicted octanol–water partition coefficient (Wildman–Crippen LogP) is 0.330. The molecule has 0 aliphatic carbocycles. The van der Waals surface area contributed by atoms with Gasteiger partial charge in [-0.05, 0) is 7.05 Å². The fourth-order valence-corrected chi connectivity index (χ4v) is 0.897. The maximum absolute atomic E-state index is 11.3. The lowest BCUT2D eigenvalue weighted by Crippen LogP contribution is -2.19. The first kappa shape index (κ1) is 9.85. The zero-order valence-electron chi connectivity index (χ0n) is 8.09. The lowest BCUT2D eigenvalue weighted by molar-refractivity contribution is 0.0984. The number of Topliss-reactive ketones (excluding diaryl/α,β-unsaturated/α-hetero) is 1. The van der Waals surface area contributed by atoms with Gasteiger partial charge in [0, 0.05) is 5.92 Å². The standard InChI is InChI=1S/C8H14N4O/c1-5(2)7-10-8(12-11-7)6(13)4-9-3/h5,9H,4H2,1-3H3,(H,10,11,12). The van der Waals surface area contributed by atoms with Gasteiger partial charge in [0.05, 0.1) is 6.54 Å². The van der Waals surface area contributed by atoms with Crippen LogP contribution in [0.2, 0.25) is 0 Å². The molecule has 0 radical (unpaired) electrons. The van der Waals surface area contributed by atoms with Crippen LogP contribution in [0.25, 0.3) is 0 Å². The summed E-state index contributed by atoms with van der Waals surface area (Å²) >= 11 is 0. The fraction of sp³-hybridized carbons (Fsp3) is 0.625. The van der Waals surface area contributed by atoms with Gasteiger partial charge in [-0.15, -0.1) is 0 Å². The van der Waals surface area contributed by atoms with Crippen molar-refractivity contribution in [2.45, 2.75) is 19.8 Å². The number of carbonyl (C=O) groups is 1. The molecule has 1 rings (SSSR count). The SMILES string of the molecule is CNCC(=O)c1n[nH]c(C(C)C)n1. The van der Waals surface area contributed by atoms with Crippen LogP contribution in [0.1, 0.15) is 36.2 Å². The number of hydrogen-bond acceptors (Lipinski definition) is 4. The molecule has 0 atom stereocenters. The highest BCUT2D eigenvalue weighted by Crippen LogP contribution is 2.07. The Bertz CT molecular complexity index is 292. The zero-order valence-corrected chi connectivity index (χ0v) is 8.09. The number of aromatic amines is 1. The summed E-state index contributed by atoms with van der Waals surface area (Å²) in [4.78, 5) is 15.3. The molecule has 0 aromatic carbocycles. The summed E-state index contributed by atoms with van der Waals surface area (Å²) in [6.07, 6.45) is 0. The highest BCUT2D eigenvalue weighted by atomic mass is 16.1. The van der Waals surface area contributed by atoms with Gasteiger partial charge in [-0.1, -0.05) is 13.8 Å². The number of ketones is 1. The molecule has 0 amide bonds. The molecule has 0 unspecified atom stereocenters. The Morgan fingerprint density at radius 2 is 2.31 bits per heavy atom. The van der Waals surface area contributed by atoms with Crippen molar-refractivity contribution in [1.29, 1.82) is 0 Å². The average molecular weight is 182 g/mol. The molecule has 1 aromatic rings. The average Bonchev–Trinajstić information content (AvgIpc) is 2.52. The summed E-state index contributed by atoms with van der Waals surface area (Å²) in [5.74, 6) is 1.19. The summed E-state index contributed by atoms with van der Waals surface area (Å²) in [5, 5.41) is 9.33. The summed E-state index contributed by atoms with van der Waals surface area (Å²) in [7, 11) is 1.72. The third-order valence-corrected chi connectivity index (χ3v) is 1.64. The van der Waals surface area contributed by atoms with Gasteiger partial charge in [0.15, 0.2) is 0 Å². The minimum atomic E-state index is -0.0920. The number of aromatic nitrogens is 3. The van der Waals surface area contributed by atoms with Crippen molar-refractivity contribution in [3.8, 4) is 0 Å². The number of H-pyrrole nitrogens is 1. The smallest absolute Gasteiger partial charge is 0.218 e. The van der Waals surface area contributed by atoms with Gasteiger partial charge in [0.25, 0.3) is 0 Å². The van der Waals surface area contributed by atoms with Crippen LogP contribution in [0.5, 0.6) is 0 Å². The Labute approximate surface area is 76.9 Å². The summed E-state index contributed by atoms with van der Waals surface area (Å²) in [6, 6.07) is 0. The molecule has 72 valence electrons. The van der Waals surface area contributed by atoms with Crippen molar-refractivity contribution in [3.05, 3.63) is 11.6 Å². The summed E-state index contributed by atoms with van der Waals surface area (Å²) < 4.78 is 0. The monoisotopic (exact) mass is 182 g/mol. The molecule has 0 aliphatic rings. The number of carbonyl (C=O) groups excluding carboxylic acids is 1. The second-order valence-electron chi connectivity index (χ2n) is 3.15. The normalized spacial score (nSPS) is 10.8. The molecule has 5 heteroatoms. The highest BCUT2D eigenvalue weighted by molar-refractivity contribution is 5.94. The van der Waals surface area contributed by atoms with Crippen molar-refractivity contribution in [1.82, 2.24) is 20.5 Å². The first-order valence-corrected chi connectivity index (χ1v) is 4.25. The van der Waals surface area contributed by atoms with E-state index in [4.69, 9.17) is 0 Å². The van der Waals surface area contributed by atoms with Crippen LogP contribution < -0.4 is 5.32 Å². The summed E-state index contributed by atoms with van der Waals surface area (Å²) in [6.45, 7) is 4.26. The Morgan fingerprint density at radius 3 is 2.77 bits per heavy atom. The molecule has 0 saturated heterocycles. The number of hydrogen-bond donors (Lipinski definition) is 2. The molecule has 13 heavy (non-hydrogen) atoms. The Kier molecular flexibility index (Phi) is 3.13. The molecule has 5 nitrogen and oxygen atoms in total. The lowest BCUT2D eigenvalue weighted by atomic mass is 10.2. The molecular formula is C8H14N4O. The van der Waals surface area contributed by atoms with Crippen LogP contribution in [-0.2, 0) is 0 Å². The van der Waals surface area contributed by atoms with Crippen LogP contribution in [-0.4, -0.2) is 34.6 Å². The first-order chi connectivity index (χ1) is 6.15. The van der Waals surface area contributed by atoms with Crippen LogP contribution in [0.15, 0.2) is 0 Å². The van der Waals surface area contributed by atoms with Gasteiger partial charge in [0.1, 0.15) is 5.82 Å². The third kappa shape index (κ3) is 2.35. The molecule has 1 aromatic heterocycles. The first-order valence-electron chi connectivity index (χ1n) is 4.25. The summed E-state index contributed by atoms with van der Waals surface area (Å²) in [5.41, 5.74) is 0. The van der Waals surface area contributed by atoms with Gasteiger partial charge in [0.2, 0.25) is 11.6 Å². The van der Waals surface area contributed by atoms with Gasteiger partial charge in [-0.25, -0.2) is 4.98 Å². The zero-order chi connectivity index (χ0) is 9.84. The Hall–Kier alpha value is -1.23. The number of nitrogens with zero attached hydrogens (tertiary/aromatic N) is 2. The van der Waals surface area contributed by atoms with Crippen LogP contribution >= 0.6 is 0 Å². The minimum Gasteiger partial charge on any atom is -0.313 e. The van der Waals surface area contributed by atoms with E-state index < -0.39 is 0 Å². The van der Waals surface area contributed by atoms with E-state index in [-0.39, 0.29) is 24.1 Å². The number of rotatable bonds is 4. The van der Waals surface area contributed by atoms with Gasteiger partial charge < -0.3 is 5.32 Å². The second-order valence-corrected chi connectivity index (χ2v) is 3.15. The Balaban J connectivity index is 2.73. The van der Waals surface area contributed by atoms with E-state index in [9.17, 15) is 4.79 Å². The second kappa shape index (κ2) is 4.13. The minimum absolute atomic E-state index is 0.0920. The van der Waals surface area contributed by atoms with E-state index >= 15 is 0 Å². The number of nitrogens with one attached hydrogen (secondary N) is 2. The number of likely N-dealkylation sites (N-methyl/N-ethyl adjacent to an activating group) is 1. The van der Waals surface area contributed by atoms with E-state index in [1.54, 1.807) is 7.05 Å².